The van der Waals surface area contributed by atoms with Crippen molar-refractivity contribution in [3.8, 4) is 78.6 Å². The molecule has 0 saturated heterocycles. The minimum absolute atomic E-state index is 0.00629. The van der Waals surface area contributed by atoms with E-state index < -0.39 is 19.6 Å². The number of para-hydroxylation sites is 2. The molecule has 60 heavy (non-hydrogen) atoms. The summed E-state index contributed by atoms with van der Waals surface area (Å²) in [6.45, 7) is 3.12. The number of pyridine rings is 1. The highest BCUT2D eigenvalue weighted by atomic mass is 16.3. The van der Waals surface area contributed by atoms with E-state index in [1.165, 1.54) is 0 Å². The zero-order chi connectivity index (χ0) is 47.4. The number of aromatic nitrogens is 3. The fourth-order valence-corrected chi connectivity index (χ4v) is 8.26. The maximum Gasteiger partial charge on any atom is 0.149 e. The van der Waals surface area contributed by atoms with Crippen LogP contribution in [0.5, 0.6) is 5.75 Å². The van der Waals surface area contributed by atoms with Crippen molar-refractivity contribution in [3.63, 3.8) is 0 Å². The lowest BCUT2D eigenvalue weighted by atomic mass is 9.84. The molecule has 0 aliphatic carbocycles. The Hall–Kier alpha value is -7.04. The molecule has 0 aliphatic heterocycles. The molecule has 2 heterocycles. The second kappa shape index (κ2) is 16.0. The van der Waals surface area contributed by atoms with E-state index in [4.69, 9.17) is 19.6 Å². The van der Waals surface area contributed by atoms with Gasteiger partial charge in [0.15, 0.2) is 0 Å². The average molecular weight is 787 g/mol. The van der Waals surface area contributed by atoms with Crippen LogP contribution in [0.25, 0.3) is 83.9 Å². The van der Waals surface area contributed by atoms with Gasteiger partial charge in [-0.15, -0.1) is 0 Å². The predicted molar refractivity (Wildman–Crippen MR) is 251 cm³/mol. The van der Waals surface area contributed by atoms with E-state index in [2.05, 4.69) is 44.2 Å². The van der Waals surface area contributed by atoms with Crippen molar-refractivity contribution in [2.45, 2.75) is 53.2 Å². The lowest BCUT2D eigenvalue weighted by Gasteiger charge is -2.21. The summed E-state index contributed by atoms with van der Waals surface area (Å²) in [5.74, 6) is -0.486. The standard InChI is InChI=1S/C56H49N3O/c1-35(2)46-17-12-18-47(36(3)4)54(46)42-26-27-51(38(6)30-42)59-52-20-13-19-48(55(52)58-56(59)49-16-10-11-21-53(49)60)44-31-43(39-14-8-7-9-15-39)32-45(33-44)50-34-41(28-29-57-50)40-24-22-37(5)23-25-40/h7-36,60H,1-6H3/i5D3,6D3,35D. The van der Waals surface area contributed by atoms with Gasteiger partial charge in [-0.1, -0.05) is 136 Å². The van der Waals surface area contributed by atoms with Gasteiger partial charge in [-0.25, -0.2) is 4.98 Å². The Morgan fingerprint density at radius 3 is 2.03 bits per heavy atom. The molecule has 7 aromatic carbocycles. The average Bonchev–Trinajstić information content (AvgIpc) is 3.70. The third-order valence-electron chi connectivity index (χ3n) is 11.2. The van der Waals surface area contributed by atoms with Crippen molar-refractivity contribution < 1.29 is 14.7 Å². The third kappa shape index (κ3) is 7.20. The normalized spacial score (nSPS) is 13.8. The molecule has 0 unspecified atom stereocenters. The Balaban J connectivity index is 1.27. The van der Waals surface area contributed by atoms with Gasteiger partial charge in [0.05, 0.1) is 28.0 Å². The SMILES string of the molecule is [2H]C([2H])([2H])c1ccc(-c2ccnc(-c3cc(-c4ccccc4)cc(-c4cccc5c4nc(-c4ccccc4O)n5-c4ccc(-c5c(C(C)C)cccc5C([2H])(C)C)cc4C([2H])([2H])[2H])c3)c2)cc1. The number of phenols is 1. The third-order valence-corrected chi connectivity index (χ3v) is 11.2. The molecule has 0 amide bonds. The van der Waals surface area contributed by atoms with Crippen LogP contribution in [0.4, 0.5) is 0 Å². The molecule has 0 aliphatic rings. The van der Waals surface area contributed by atoms with Crippen molar-refractivity contribution in [2.75, 3.05) is 0 Å². The van der Waals surface area contributed by atoms with Crippen LogP contribution in [0.2, 0.25) is 0 Å². The molecular formula is C56H49N3O. The van der Waals surface area contributed by atoms with Crippen LogP contribution in [0.1, 0.15) is 71.4 Å². The van der Waals surface area contributed by atoms with Crippen LogP contribution < -0.4 is 0 Å². The van der Waals surface area contributed by atoms with Gasteiger partial charge in [0.25, 0.3) is 0 Å². The first-order chi connectivity index (χ1) is 31.9. The first kappa shape index (κ1) is 31.0. The summed E-state index contributed by atoms with van der Waals surface area (Å²) in [5, 5.41) is 11.4. The Morgan fingerprint density at radius 1 is 0.567 bits per heavy atom. The van der Waals surface area contributed by atoms with E-state index in [1.54, 1.807) is 42.6 Å². The molecule has 4 heteroatoms. The summed E-state index contributed by atoms with van der Waals surface area (Å²) < 4.78 is 61.4. The molecule has 0 saturated carbocycles. The summed E-state index contributed by atoms with van der Waals surface area (Å²) in [4.78, 5) is 10.1. The molecule has 9 aromatic rings. The molecule has 0 bridgehead atoms. The minimum atomic E-state index is -2.57. The molecule has 1 N–H and O–H groups in total. The maximum absolute atomic E-state index is 11.4. The largest absolute Gasteiger partial charge is 0.507 e. The fourth-order valence-electron chi connectivity index (χ4n) is 8.26. The summed E-state index contributed by atoms with van der Waals surface area (Å²) in [5.41, 5.74) is 12.7. The van der Waals surface area contributed by atoms with Crippen LogP contribution in [0.3, 0.4) is 0 Å². The van der Waals surface area contributed by atoms with Crippen LogP contribution in [-0.2, 0) is 0 Å². The lowest BCUT2D eigenvalue weighted by molar-refractivity contribution is 0.477. The molecule has 4 nitrogen and oxygen atoms in total. The summed E-state index contributed by atoms with van der Waals surface area (Å²) in [7, 11) is 0. The lowest BCUT2D eigenvalue weighted by Crippen LogP contribution is -2.03. The van der Waals surface area contributed by atoms with Gasteiger partial charge >= 0.3 is 0 Å². The number of hydrogen-bond acceptors (Lipinski definition) is 3. The number of rotatable bonds is 9. The Morgan fingerprint density at radius 2 is 1.27 bits per heavy atom. The zero-order valence-corrected chi connectivity index (χ0v) is 34.0. The monoisotopic (exact) mass is 786 g/mol. The topological polar surface area (TPSA) is 50.9 Å². The summed E-state index contributed by atoms with van der Waals surface area (Å²) in [6.07, 6.45) is 1.75. The molecular weight excluding hydrogens is 731 g/mol. The maximum atomic E-state index is 11.4. The quantitative estimate of drug-likeness (QED) is 0.159. The number of hydrogen-bond donors (Lipinski definition) is 1. The Labute approximate surface area is 363 Å². The predicted octanol–water partition coefficient (Wildman–Crippen LogP) is 15.0. The van der Waals surface area contributed by atoms with Gasteiger partial charge in [0.1, 0.15) is 11.6 Å². The second-order valence-corrected chi connectivity index (χ2v) is 15.8. The number of aromatic hydroxyl groups is 1. The Bertz CT molecular complexity index is 3290. The van der Waals surface area contributed by atoms with Gasteiger partial charge < -0.3 is 5.11 Å². The minimum Gasteiger partial charge on any atom is -0.507 e. The van der Waals surface area contributed by atoms with Crippen LogP contribution >= 0.6 is 0 Å². The van der Waals surface area contributed by atoms with Gasteiger partial charge in [0, 0.05) is 26.9 Å². The number of benzene rings is 7. The molecule has 0 radical (unpaired) electrons. The van der Waals surface area contributed by atoms with Crippen LogP contribution in [0.15, 0.2) is 170 Å². The van der Waals surface area contributed by atoms with E-state index in [9.17, 15) is 5.11 Å². The smallest absolute Gasteiger partial charge is 0.149 e. The van der Waals surface area contributed by atoms with Gasteiger partial charge in [-0.3, -0.25) is 9.55 Å². The van der Waals surface area contributed by atoms with E-state index in [0.717, 1.165) is 55.6 Å². The number of phenolic OH excluding ortho intramolecular Hbond substituents is 1. The molecule has 9 rings (SSSR count). The number of aryl methyl sites for hydroxylation is 2. The molecule has 0 fully saturated rings. The highest BCUT2D eigenvalue weighted by Crippen LogP contribution is 2.42. The van der Waals surface area contributed by atoms with Crippen molar-refractivity contribution >= 4 is 11.0 Å². The van der Waals surface area contributed by atoms with Crippen molar-refractivity contribution in [3.05, 3.63) is 192 Å². The second-order valence-electron chi connectivity index (χ2n) is 15.8. The molecule has 294 valence electrons. The number of nitrogens with zero attached hydrogens (tertiary/aromatic N) is 3. The highest BCUT2D eigenvalue weighted by Gasteiger charge is 2.23. The van der Waals surface area contributed by atoms with Crippen molar-refractivity contribution in [2.24, 2.45) is 0 Å². The van der Waals surface area contributed by atoms with E-state index in [1.807, 2.05) is 115 Å². The molecule has 0 spiro atoms. The van der Waals surface area contributed by atoms with E-state index >= 15 is 0 Å². The van der Waals surface area contributed by atoms with Crippen LogP contribution in [-0.4, -0.2) is 19.6 Å². The van der Waals surface area contributed by atoms with Gasteiger partial charge in [-0.05, 0) is 142 Å². The van der Waals surface area contributed by atoms with E-state index in [-0.39, 0.29) is 22.8 Å². The summed E-state index contributed by atoms with van der Waals surface area (Å²) in [6, 6.07) is 51.4. The van der Waals surface area contributed by atoms with E-state index in [0.29, 0.717) is 39.4 Å². The Kier molecular flexibility index (Phi) is 8.23. The van der Waals surface area contributed by atoms with Gasteiger partial charge in [0.2, 0.25) is 0 Å². The molecule has 2 aromatic heterocycles. The number of fused-ring (bicyclic) bond motifs is 1. The fraction of sp³-hybridized carbons (Fsp3) is 0.143. The molecule has 0 atom stereocenters. The first-order valence-electron chi connectivity index (χ1n) is 23.7. The van der Waals surface area contributed by atoms with Crippen LogP contribution in [0, 0.1) is 13.7 Å². The van der Waals surface area contributed by atoms with Gasteiger partial charge in [-0.2, -0.15) is 0 Å². The number of imidazole rings is 1. The van der Waals surface area contributed by atoms with Crippen molar-refractivity contribution in [1.82, 2.24) is 14.5 Å². The highest BCUT2D eigenvalue weighted by molar-refractivity contribution is 5.98. The van der Waals surface area contributed by atoms with Crippen molar-refractivity contribution in [1.29, 1.82) is 0 Å². The zero-order valence-electron chi connectivity index (χ0n) is 41.0. The summed E-state index contributed by atoms with van der Waals surface area (Å²) >= 11 is 0. The first-order valence-corrected chi connectivity index (χ1v) is 20.2.